The first-order valence-corrected chi connectivity index (χ1v) is 8.34. The molecule has 0 aliphatic heterocycles. The lowest BCUT2D eigenvalue weighted by molar-refractivity contribution is 0.102. The van der Waals surface area contributed by atoms with E-state index in [1.54, 1.807) is 16.9 Å². The van der Waals surface area contributed by atoms with Crippen LogP contribution in [0.15, 0.2) is 34.1 Å². The Labute approximate surface area is 135 Å². The lowest BCUT2D eigenvalue weighted by Gasteiger charge is -2.22. The maximum Gasteiger partial charge on any atom is 0.275 e. The van der Waals surface area contributed by atoms with Crippen molar-refractivity contribution in [3.63, 3.8) is 0 Å². The quantitative estimate of drug-likeness (QED) is 0.914. The minimum Gasteiger partial charge on any atom is -0.451 e. The summed E-state index contributed by atoms with van der Waals surface area (Å²) in [6.07, 6.45) is 2.70. The molecule has 0 saturated carbocycles. The molecule has 1 N–H and O–H groups in total. The van der Waals surface area contributed by atoms with Crippen LogP contribution in [-0.2, 0) is 15.6 Å². The van der Waals surface area contributed by atoms with E-state index in [2.05, 4.69) is 10.4 Å². The first-order valence-electron chi connectivity index (χ1n) is 6.90. The monoisotopic (exact) mass is 340 g/mol. The van der Waals surface area contributed by atoms with Gasteiger partial charge in [-0.3, -0.25) is 4.79 Å². The molecule has 2 aromatic rings. The summed E-state index contributed by atoms with van der Waals surface area (Å²) in [4.78, 5) is 12.3. The Morgan fingerprint density at radius 3 is 2.57 bits per heavy atom. The van der Waals surface area contributed by atoms with Gasteiger partial charge in [0.25, 0.3) is 15.9 Å². The highest BCUT2D eigenvalue weighted by Gasteiger charge is 2.24. The van der Waals surface area contributed by atoms with Gasteiger partial charge in [0.15, 0.2) is 0 Å². The third-order valence-corrected chi connectivity index (χ3v) is 4.78. The molecule has 2 rings (SSSR count). The maximum absolute atomic E-state index is 12.3. The number of anilines is 1. The van der Waals surface area contributed by atoms with Gasteiger partial charge in [-0.2, -0.15) is 5.10 Å². The number of nitrogens with one attached hydrogen (secondary N) is 1. The van der Waals surface area contributed by atoms with E-state index in [-0.39, 0.29) is 16.2 Å². The van der Waals surface area contributed by atoms with E-state index in [1.807, 2.05) is 20.8 Å². The minimum atomic E-state index is -3.71. The molecule has 1 amide bonds. The fraction of sp³-hybridized carbons (Fsp3) is 0.429. The molecular formula is C14H20N4O4S. The van der Waals surface area contributed by atoms with Gasteiger partial charge in [-0.15, -0.1) is 0 Å². The van der Waals surface area contributed by atoms with Crippen LogP contribution in [0.4, 0.5) is 5.82 Å². The number of nitrogens with zero attached hydrogens (tertiary/aromatic N) is 3. The molecule has 8 nitrogen and oxygen atoms in total. The maximum atomic E-state index is 12.3. The van der Waals surface area contributed by atoms with Crippen molar-refractivity contribution in [2.75, 3.05) is 19.4 Å². The Kier molecular flexibility index (Phi) is 4.36. The Morgan fingerprint density at radius 1 is 1.35 bits per heavy atom. The molecule has 23 heavy (non-hydrogen) atoms. The van der Waals surface area contributed by atoms with E-state index >= 15 is 0 Å². The van der Waals surface area contributed by atoms with Crippen molar-refractivity contribution in [2.45, 2.75) is 31.4 Å². The summed E-state index contributed by atoms with van der Waals surface area (Å²) in [5, 5.41) is 6.60. The van der Waals surface area contributed by atoms with Crippen molar-refractivity contribution in [1.29, 1.82) is 0 Å². The second-order valence-corrected chi connectivity index (χ2v) is 8.28. The molecule has 0 aliphatic carbocycles. The van der Waals surface area contributed by atoms with Gasteiger partial charge in [0.05, 0.1) is 17.3 Å². The number of sulfonamides is 1. The highest BCUT2D eigenvalue weighted by atomic mass is 32.2. The van der Waals surface area contributed by atoms with Crippen LogP contribution in [0.25, 0.3) is 0 Å². The predicted octanol–water partition coefficient (Wildman–Crippen LogP) is 1.73. The van der Waals surface area contributed by atoms with Gasteiger partial charge in [-0.05, 0) is 20.8 Å². The molecule has 0 radical (unpaired) electrons. The minimum absolute atomic E-state index is 0.118. The first-order chi connectivity index (χ1) is 10.5. The van der Waals surface area contributed by atoms with Crippen molar-refractivity contribution in [2.24, 2.45) is 0 Å². The Hall–Kier alpha value is -2.13. The molecule has 0 bridgehead atoms. The van der Waals surface area contributed by atoms with Crippen LogP contribution in [0.1, 0.15) is 31.1 Å². The van der Waals surface area contributed by atoms with Crippen LogP contribution in [0.3, 0.4) is 0 Å². The van der Waals surface area contributed by atoms with Crippen LogP contribution in [-0.4, -0.2) is 42.5 Å². The second kappa shape index (κ2) is 5.82. The van der Waals surface area contributed by atoms with Crippen molar-refractivity contribution >= 4 is 21.7 Å². The van der Waals surface area contributed by atoms with Crippen LogP contribution in [0, 0.1) is 0 Å². The molecule has 126 valence electrons. The SMILES string of the molecule is CN(C)S(=O)(=O)c1cc(C(=O)Nc2ccnn2C(C)(C)C)co1. The van der Waals surface area contributed by atoms with Crippen molar-refractivity contribution in [3.05, 3.63) is 30.2 Å². The van der Waals surface area contributed by atoms with Gasteiger partial charge in [0.2, 0.25) is 5.09 Å². The average Bonchev–Trinajstić information content (AvgIpc) is 3.06. The van der Waals surface area contributed by atoms with Gasteiger partial charge in [0.1, 0.15) is 12.1 Å². The fourth-order valence-corrected chi connectivity index (χ4v) is 2.68. The number of rotatable bonds is 4. The summed E-state index contributed by atoms with van der Waals surface area (Å²) in [6.45, 7) is 5.86. The van der Waals surface area contributed by atoms with Crippen molar-refractivity contribution < 1.29 is 17.6 Å². The molecule has 0 atom stereocenters. The van der Waals surface area contributed by atoms with Gasteiger partial charge < -0.3 is 9.73 Å². The molecule has 0 aromatic carbocycles. The van der Waals surface area contributed by atoms with E-state index in [0.717, 1.165) is 10.6 Å². The van der Waals surface area contributed by atoms with Gasteiger partial charge in [0, 0.05) is 26.2 Å². The number of hydrogen-bond acceptors (Lipinski definition) is 5. The van der Waals surface area contributed by atoms with Crippen molar-refractivity contribution in [3.8, 4) is 0 Å². The van der Waals surface area contributed by atoms with Crippen LogP contribution in [0.2, 0.25) is 0 Å². The lowest BCUT2D eigenvalue weighted by Crippen LogP contribution is -2.26. The van der Waals surface area contributed by atoms with E-state index in [1.165, 1.54) is 20.2 Å². The van der Waals surface area contributed by atoms with E-state index in [9.17, 15) is 13.2 Å². The first kappa shape index (κ1) is 17.2. The van der Waals surface area contributed by atoms with Crippen LogP contribution < -0.4 is 5.32 Å². The van der Waals surface area contributed by atoms with E-state index in [4.69, 9.17) is 4.42 Å². The smallest absolute Gasteiger partial charge is 0.275 e. The standard InChI is InChI=1S/C14H20N4O4S/c1-14(2,3)18-11(6-7-15-18)16-13(19)10-8-12(22-9-10)23(20,21)17(4)5/h6-9H,1-5H3,(H,16,19). The number of carbonyl (C=O) groups excluding carboxylic acids is 1. The van der Waals surface area contributed by atoms with Crippen LogP contribution in [0.5, 0.6) is 0 Å². The Balaban J connectivity index is 2.24. The third-order valence-electron chi connectivity index (χ3n) is 3.09. The zero-order valence-electron chi connectivity index (χ0n) is 13.7. The number of carbonyl (C=O) groups is 1. The zero-order chi connectivity index (χ0) is 17.4. The summed E-state index contributed by atoms with van der Waals surface area (Å²) in [6, 6.07) is 2.86. The molecule has 9 heteroatoms. The second-order valence-electron chi connectivity index (χ2n) is 6.20. The van der Waals surface area contributed by atoms with Gasteiger partial charge >= 0.3 is 0 Å². The van der Waals surface area contributed by atoms with E-state index < -0.39 is 15.9 Å². The molecule has 0 saturated heterocycles. The summed E-state index contributed by atoms with van der Waals surface area (Å²) in [5.41, 5.74) is -0.186. The summed E-state index contributed by atoms with van der Waals surface area (Å²) >= 11 is 0. The molecule has 0 spiro atoms. The summed E-state index contributed by atoms with van der Waals surface area (Å²) in [5.74, 6) is 0.0423. The molecule has 0 aliphatic rings. The third kappa shape index (κ3) is 3.45. The fourth-order valence-electron chi connectivity index (χ4n) is 1.87. The summed E-state index contributed by atoms with van der Waals surface area (Å²) < 4.78 is 31.6. The van der Waals surface area contributed by atoms with Crippen molar-refractivity contribution in [1.82, 2.24) is 14.1 Å². The topological polar surface area (TPSA) is 97.4 Å². The Morgan fingerprint density at radius 2 is 2.00 bits per heavy atom. The highest BCUT2D eigenvalue weighted by molar-refractivity contribution is 7.88. The molecule has 0 fully saturated rings. The number of furan rings is 1. The molecule has 2 aromatic heterocycles. The molecular weight excluding hydrogens is 320 g/mol. The lowest BCUT2D eigenvalue weighted by atomic mass is 10.1. The highest BCUT2D eigenvalue weighted by Crippen LogP contribution is 2.21. The normalized spacial score (nSPS) is 12.6. The predicted molar refractivity (Wildman–Crippen MR) is 84.8 cm³/mol. The molecule has 0 unspecified atom stereocenters. The largest absolute Gasteiger partial charge is 0.451 e. The van der Waals surface area contributed by atoms with Gasteiger partial charge in [-0.1, -0.05) is 0 Å². The average molecular weight is 340 g/mol. The number of hydrogen-bond donors (Lipinski definition) is 1. The Bertz CT molecular complexity index is 812. The summed E-state index contributed by atoms with van der Waals surface area (Å²) in [7, 11) is -0.937. The number of amides is 1. The number of aromatic nitrogens is 2. The zero-order valence-corrected chi connectivity index (χ0v) is 14.5. The van der Waals surface area contributed by atoms with Crippen LogP contribution >= 0.6 is 0 Å². The van der Waals surface area contributed by atoms with E-state index in [0.29, 0.717) is 5.82 Å². The van der Waals surface area contributed by atoms with Gasteiger partial charge in [-0.25, -0.2) is 17.4 Å². The molecule has 2 heterocycles.